The highest BCUT2D eigenvalue weighted by atomic mass is 79.9. The molecule has 0 unspecified atom stereocenters. The van der Waals surface area contributed by atoms with Gasteiger partial charge in [0.05, 0.1) is 5.75 Å². The number of nitrogens with one attached hydrogen (secondary N) is 1. The number of rotatable bonds is 7. The zero-order chi connectivity index (χ0) is 19.2. The number of carbonyl (C=O) groups is 1. The number of carbonyl (C=O) groups excluding carboxylic acids is 1. The number of nitrogens with zero attached hydrogens (tertiary/aromatic N) is 2. The Labute approximate surface area is 169 Å². The molecule has 3 rings (SSSR count). The van der Waals surface area contributed by atoms with Crippen LogP contribution in [0.4, 0.5) is 5.69 Å². The predicted molar refractivity (Wildman–Crippen MR) is 108 cm³/mol. The third-order valence-corrected chi connectivity index (χ3v) is 4.81. The molecule has 2 aromatic carbocycles. The summed E-state index contributed by atoms with van der Waals surface area (Å²) in [6.07, 6.45) is 0. The maximum atomic E-state index is 12.0. The number of anilines is 1. The summed E-state index contributed by atoms with van der Waals surface area (Å²) in [5.41, 5.74) is 2.99. The molecule has 0 aliphatic heterocycles. The fraction of sp³-hybridized carbons (Fsp3) is 0.211. The molecule has 27 heavy (non-hydrogen) atoms. The minimum atomic E-state index is -0.145. The summed E-state index contributed by atoms with van der Waals surface area (Å²) >= 11 is 4.54. The van der Waals surface area contributed by atoms with Gasteiger partial charge in [-0.2, -0.15) is 0 Å². The van der Waals surface area contributed by atoms with Crippen molar-refractivity contribution in [2.24, 2.45) is 0 Å². The van der Waals surface area contributed by atoms with Gasteiger partial charge >= 0.3 is 0 Å². The predicted octanol–water partition coefficient (Wildman–Crippen LogP) is 4.76. The van der Waals surface area contributed by atoms with Crippen LogP contribution in [0.3, 0.4) is 0 Å². The van der Waals surface area contributed by atoms with Crippen LogP contribution in [-0.4, -0.2) is 21.9 Å². The summed E-state index contributed by atoms with van der Waals surface area (Å²) in [6, 6.07) is 13.3. The number of ether oxygens (including phenoxy) is 1. The summed E-state index contributed by atoms with van der Waals surface area (Å²) in [6.45, 7) is 4.21. The maximum Gasteiger partial charge on any atom is 0.277 e. The SMILES string of the molecule is Cc1cc(C)cc(OCc2nnc(SCC(=O)Nc3ccc(Br)cc3)o2)c1. The number of amides is 1. The lowest BCUT2D eigenvalue weighted by molar-refractivity contribution is -0.113. The van der Waals surface area contributed by atoms with Crippen LogP contribution in [0.25, 0.3) is 0 Å². The molecule has 1 heterocycles. The average molecular weight is 448 g/mol. The van der Waals surface area contributed by atoms with Crippen LogP contribution in [0.2, 0.25) is 0 Å². The Hall–Kier alpha value is -2.32. The minimum Gasteiger partial charge on any atom is -0.484 e. The van der Waals surface area contributed by atoms with Crippen LogP contribution in [0, 0.1) is 13.8 Å². The van der Waals surface area contributed by atoms with Gasteiger partial charge in [0.25, 0.3) is 11.1 Å². The molecule has 6 nitrogen and oxygen atoms in total. The van der Waals surface area contributed by atoms with Gasteiger partial charge in [-0.15, -0.1) is 10.2 Å². The van der Waals surface area contributed by atoms with Crippen molar-refractivity contribution >= 4 is 39.3 Å². The van der Waals surface area contributed by atoms with E-state index in [0.717, 1.165) is 27.0 Å². The van der Waals surface area contributed by atoms with Crippen molar-refractivity contribution in [3.05, 3.63) is 64.0 Å². The van der Waals surface area contributed by atoms with E-state index in [-0.39, 0.29) is 18.3 Å². The van der Waals surface area contributed by atoms with E-state index in [2.05, 4.69) is 37.5 Å². The number of hydrogen-bond donors (Lipinski definition) is 1. The van der Waals surface area contributed by atoms with Crippen molar-refractivity contribution in [2.75, 3.05) is 11.1 Å². The third-order valence-electron chi connectivity index (χ3n) is 3.46. The van der Waals surface area contributed by atoms with Crippen LogP contribution in [0.5, 0.6) is 5.75 Å². The lowest BCUT2D eigenvalue weighted by Crippen LogP contribution is -2.13. The van der Waals surface area contributed by atoms with E-state index < -0.39 is 0 Å². The molecule has 0 aliphatic carbocycles. The zero-order valence-corrected chi connectivity index (χ0v) is 17.3. The summed E-state index contributed by atoms with van der Waals surface area (Å²) in [7, 11) is 0. The molecule has 140 valence electrons. The largest absolute Gasteiger partial charge is 0.484 e. The lowest BCUT2D eigenvalue weighted by atomic mass is 10.1. The van der Waals surface area contributed by atoms with Crippen LogP contribution in [0.15, 0.2) is 56.6 Å². The molecule has 0 radical (unpaired) electrons. The highest BCUT2D eigenvalue weighted by Crippen LogP contribution is 2.20. The van der Waals surface area contributed by atoms with Crippen molar-refractivity contribution in [3.63, 3.8) is 0 Å². The molecule has 0 aliphatic rings. The van der Waals surface area contributed by atoms with E-state index in [9.17, 15) is 4.79 Å². The Balaban J connectivity index is 1.47. The number of aromatic nitrogens is 2. The molecule has 0 atom stereocenters. The first-order valence-corrected chi connectivity index (χ1v) is 9.97. The molecule has 3 aromatic rings. The molecule has 1 amide bonds. The first-order chi connectivity index (χ1) is 13.0. The topological polar surface area (TPSA) is 77.2 Å². The second-order valence-electron chi connectivity index (χ2n) is 5.92. The van der Waals surface area contributed by atoms with Crippen molar-refractivity contribution < 1.29 is 13.9 Å². The average Bonchev–Trinajstić information content (AvgIpc) is 3.07. The van der Waals surface area contributed by atoms with Gasteiger partial charge in [-0.05, 0) is 61.4 Å². The third kappa shape index (κ3) is 6.11. The number of hydrogen-bond acceptors (Lipinski definition) is 6. The van der Waals surface area contributed by atoms with E-state index in [0.29, 0.717) is 11.1 Å². The Morgan fingerprint density at radius 3 is 2.56 bits per heavy atom. The van der Waals surface area contributed by atoms with Crippen LogP contribution in [-0.2, 0) is 11.4 Å². The molecule has 0 saturated heterocycles. The van der Waals surface area contributed by atoms with Crippen molar-refractivity contribution in [3.8, 4) is 5.75 Å². The highest BCUT2D eigenvalue weighted by Gasteiger charge is 2.11. The van der Waals surface area contributed by atoms with Crippen molar-refractivity contribution in [2.45, 2.75) is 25.7 Å². The van der Waals surface area contributed by atoms with Gasteiger partial charge in [-0.1, -0.05) is 33.8 Å². The van der Waals surface area contributed by atoms with Gasteiger partial charge in [0, 0.05) is 10.2 Å². The van der Waals surface area contributed by atoms with Gasteiger partial charge < -0.3 is 14.5 Å². The monoisotopic (exact) mass is 447 g/mol. The van der Waals surface area contributed by atoms with Gasteiger partial charge in [-0.3, -0.25) is 4.79 Å². The normalized spacial score (nSPS) is 10.6. The molecule has 1 N–H and O–H groups in total. The molecule has 0 spiro atoms. The standard InChI is InChI=1S/C19H18BrN3O3S/c1-12-7-13(2)9-16(8-12)25-10-18-22-23-19(26-18)27-11-17(24)21-15-5-3-14(20)4-6-15/h3-9H,10-11H2,1-2H3,(H,21,24). The Morgan fingerprint density at radius 2 is 1.85 bits per heavy atom. The Morgan fingerprint density at radius 1 is 1.15 bits per heavy atom. The van der Waals surface area contributed by atoms with Crippen LogP contribution in [0.1, 0.15) is 17.0 Å². The van der Waals surface area contributed by atoms with Crippen molar-refractivity contribution in [1.82, 2.24) is 10.2 Å². The lowest BCUT2D eigenvalue weighted by Gasteiger charge is -2.05. The number of aryl methyl sites for hydroxylation is 2. The fourth-order valence-electron chi connectivity index (χ4n) is 2.37. The molecule has 0 fully saturated rings. The van der Waals surface area contributed by atoms with Gasteiger partial charge in [0.1, 0.15) is 5.75 Å². The fourth-order valence-corrected chi connectivity index (χ4v) is 3.22. The first-order valence-electron chi connectivity index (χ1n) is 8.19. The summed E-state index contributed by atoms with van der Waals surface area (Å²) < 4.78 is 12.2. The summed E-state index contributed by atoms with van der Waals surface area (Å²) in [5.74, 6) is 1.16. The summed E-state index contributed by atoms with van der Waals surface area (Å²) in [4.78, 5) is 12.0. The number of halogens is 1. The number of benzene rings is 2. The second-order valence-corrected chi connectivity index (χ2v) is 7.76. The zero-order valence-electron chi connectivity index (χ0n) is 14.9. The molecule has 0 bridgehead atoms. The van der Waals surface area contributed by atoms with Crippen LogP contribution >= 0.6 is 27.7 Å². The summed E-state index contributed by atoms with van der Waals surface area (Å²) in [5, 5.41) is 11.0. The van der Waals surface area contributed by atoms with E-state index in [1.54, 1.807) is 0 Å². The van der Waals surface area contributed by atoms with Gasteiger partial charge in [-0.25, -0.2) is 0 Å². The second kappa shape index (κ2) is 9.05. The van der Waals surface area contributed by atoms with Gasteiger partial charge in [0.15, 0.2) is 6.61 Å². The maximum absolute atomic E-state index is 12.0. The van der Waals surface area contributed by atoms with E-state index in [1.165, 1.54) is 11.8 Å². The van der Waals surface area contributed by atoms with Gasteiger partial charge in [0.2, 0.25) is 5.91 Å². The van der Waals surface area contributed by atoms with E-state index in [1.807, 2.05) is 50.2 Å². The minimum absolute atomic E-state index is 0.145. The molecule has 1 aromatic heterocycles. The quantitative estimate of drug-likeness (QED) is 0.526. The molecular formula is C19H18BrN3O3S. The van der Waals surface area contributed by atoms with E-state index in [4.69, 9.17) is 9.15 Å². The molecule has 8 heteroatoms. The number of thioether (sulfide) groups is 1. The van der Waals surface area contributed by atoms with Crippen LogP contribution < -0.4 is 10.1 Å². The Bertz CT molecular complexity index is 908. The Kier molecular flexibility index (Phi) is 6.52. The molecular weight excluding hydrogens is 430 g/mol. The smallest absolute Gasteiger partial charge is 0.277 e. The molecule has 0 saturated carbocycles. The first kappa shape index (κ1) is 19.4. The van der Waals surface area contributed by atoms with E-state index >= 15 is 0 Å². The van der Waals surface area contributed by atoms with Crippen molar-refractivity contribution in [1.29, 1.82) is 0 Å². The highest BCUT2D eigenvalue weighted by molar-refractivity contribution is 9.10.